The Kier molecular flexibility index (Phi) is 6.27. The number of nitrogens with zero attached hydrogens (tertiary/aromatic N) is 5. The molecule has 0 saturated heterocycles. The monoisotopic (exact) mass is 487 g/mol. The van der Waals surface area contributed by atoms with Crippen LogP contribution in [0.2, 0.25) is 10.0 Å². The Morgan fingerprint density at radius 2 is 2.09 bits per heavy atom. The summed E-state index contributed by atoms with van der Waals surface area (Å²) >= 11 is 12.5. The molecule has 0 fully saturated rings. The van der Waals surface area contributed by atoms with Gasteiger partial charge in [-0.25, -0.2) is 19.9 Å². The molecule has 2 aromatic heterocycles. The number of nitrogens with two attached hydrogens (primary N) is 2. The number of hydrogen-bond acceptors (Lipinski definition) is 9. The van der Waals surface area contributed by atoms with Gasteiger partial charge in [0.1, 0.15) is 11.7 Å². The number of hydrogen-bond donors (Lipinski definition) is 4. The van der Waals surface area contributed by atoms with E-state index in [0.29, 0.717) is 32.7 Å². The molecular formula is C20H19Cl2N9O2. The van der Waals surface area contributed by atoms with Crippen LogP contribution < -0.4 is 16.8 Å². The maximum absolute atomic E-state index is 11.8. The molecule has 0 aliphatic carbocycles. The molecule has 3 aromatic rings. The minimum Gasteiger partial charge on any atom is -0.384 e. The summed E-state index contributed by atoms with van der Waals surface area (Å²) in [5.41, 5.74) is 11.7. The first-order chi connectivity index (χ1) is 15.8. The highest BCUT2D eigenvalue weighted by atomic mass is 35.5. The van der Waals surface area contributed by atoms with Crippen LogP contribution in [0.3, 0.4) is 0 Å². The molecule has 0 bridgehead atoms. The van der Waals surface area contributed by atoms with Crippen molar-refractivity contribution in [3.05, 3.63) is 69.1 Å². The molecule has 4 rings (SSSR count). The zero-order valence-electron chi connectivity index (χ0n) is 17.1. The Balaban J connectivity index is 1.62. The molecule has 13 heteroatoms. The van der Waals surface area contributed by atoms with Crippen molar-refractivity contribution in [1.29, 1.82) is 0 Å². The molecule has 0 saturated carbocycles. The number of imidazole rings is 1. The van der Waals surface area contributed by atoms with Gasteiger partial charge in [-0.1, -0.05) is 23.2 Å². The average Bonchev–Trinajstić information content (AvgIpc) is 3.30. The van der Waals surface area contributed by atoms with Crippen LogP contribution in [0.5, 0.6) is 0 Å². The average molecular weight is 488 g/mol. The molecule has 1 aliphatic heterocycles. The summed E-state index contributed by atoms with van der Waals surface area (Å²) in [6, 6.07) is 5.07. The first-order valence-corrected chi connectivity index (χ1v) is 10.5. The predicted molar refractivity (Wildman–Crippen MR) is 127 cm³/mol. The van der Waals surface area contributed by atoms with E-state index in [9.17, 15) is 10.1 Å². The molecule has 3 heterocycles. The smallest absolute Gasteiger partial charge is 0.277 e. The Bertz CT molecular complexity index is 1250. The SMILES string of the molecule is NC1=NC(N)C(CCNc2ncc(-c3ncc[nH]3)c(-c3ccc(Cl)cc3Cl)n2)([N+](=O)[O-])C=C1. The van der Waals surface area contributed by atoms with E-state index in [1.54, 1.807) is 36.8 Å². The van der Waals surface area contributed by atoms with E-state index in [-0.39, 0.29) is 24.7 Å². The number of dihydropyridines is 1. The normalized spacial score (nSPS) is 19.8. The highest BCUT2D eigenvalue weighted by Gasteiger charge is 2.48. The standard InChI is InChI=1S/C20H19Cl2N9O2/c21-11-1-2-12(14(22)9-11)16-13(17-25-7-8-26-17)10-28-19(30-16)27-6-5-20(31(32)33)4-3-15(23)29-18(20)24/h1-4,7-10,18H,5-6,24H2,(H2,23,29)(H,25,26)(H,27,28,30). The fourth-order valence-corrected chi connectivity index (χ4v) is 3.95. The number of benzene rings is 1. The van der Waals surface area contributed by atoms with Gasteiger partial charge in [-0.2, -0.15) is 0 Å². The Hall–Kier alpha value is -3.54. The highest BCUT2D eigenvalue weighted by molar-refractivity contribution is 6.36. The molecule has 0 radical (unpaired) electrons. The Labute approximate surface area is 198 Å². The third-order valence-corrected chi connectivity index (χ3v) is 5.77. The lowest BCUT2D eigenvalue weighted by Gasteiger charge is -2.28. The van der Waals surface area contributed by atoms with Gasteiger partial charge in [0.25, 0.3) is 5.54 Å². The van der Waals surface area contributed by atoms with Crippen LogP contribution >= 0.6 is 23.2 Å². The maximum Gasteiger partial charge on any atom is 0.277 e. The number of aromatic nitrogens is 4. The van der Waals surface area contributed by atoms with Gasteiger partial charge in [-0.15, -0.1) is 0 Å². The predicted octanol–water partition coefficient (Wildman–Crippen LogP) is 2.87. The minimum absolute atomic E-state index is 0.0365. The van der Waals surface area contributed by atoms with E-state index in [2.05, 4.69) is 30.2 Å². The van der Waals surface area contributed by atoms with Crippen LogP contribution in [-0.2, 0) is 0 Å². The first kappa shape index (κ1) is 22.6. The summed E-state index contributed by atoms with van der Waals surface area (Å²) in [6.45, 7) is 0.155. The van der Waals surface area contributed by atoms with E-state index < -0.39 is 16.6 Å². The van der Waals surface area contributed by atoms with Gasteiger partial charge in [0.05, 0.1) is 16.3 Å². The molecule has 6 N–H and O–H groups in total. The second-order valence-electron chi connectivity index (χ2n) is 7.28. The van der Waals surface area contributed by atoms with Gasteiger partial charge in [0.2, 0.25) is 5.95 Å². The largest absolute Gasteiger partial charge is 0.384 e. The molecule has 0 amide bonds. The van der Waals surface area contributed by atoms with Crippen LogP contribution in [-0.4, -0.2) is 48.9 Å². The number of halogens is 2. The zero-order valence-corrected chi connectivity index (χ0v) is 18.6. The van der Waals surface area contributed by atoms with Crippen molar-refractivity contribution in [2.45, 2.75) is 18.1 Å². The third-order valence-electron chi connectivity index (χ3n) is 5.22. The molecule has 2 atom stereocenters. The number of nitrogens with one attached hydrogen (secondary N) is 2. The highest BCUT2D eigenvalue weighted by Crippen LogP contribution is 2.35. The molecule has 1 aromatic carbocycles. The number of aromatic amines is 1. The summed E-state index contributed by atoms with van der Waals surface area (Å²) in [5, 5.41) is 15.7. The van der Waals surface area contributed by atoms with Crippen LogP contribution in [0.25, 0.3) is 22.6 Å². The fourth-order valence-electron chi connectivity index (χ4n) is 3.45. The number of amidine groups is 1. The maximum atomic E-state index is 11.8. The quantitative estimate of drug-likeness (QED) is 0.290. The van der Waals surface area contributed by atoms with E-state index in [1.165, 1.54) is 12.2 Å². The summed E-state index contributed by atoms with van der Waals surface area (Å²) in [4.78, 5) is 31.5. The Morgan fingerprint density at radius 3 is 2.76 bits per heavy atom. The second-order valence-corrected chi connectivity index (χ2v) is 8.12. The molecule has 0 spiro atoms. The number of nitro groups is 1. The minimum atomic E-state index is -1.59. The summed E-state index contributed by atoms with van der Waals surface area (Å²) in [6.07, 6.45) is 6.58. The van der Waals surface area contributed by atoms with Gasteiger partial charge in [0.15, 0.2) is 6.17 Å². The van der Waals surface area contributed by atoms with Gasteiger partial charge < -0.3 is 21.8 Å². The van der Waals surface area contributed by atoms with Crippen LogP contribution in [0, 0.1) is 10.1 Å². The Morgan fingerprint density at radius 1 is 1.27 bits per heavy atom. The summed E-state index contributed by atoms with van der Waals surface area (Å²) in [7, 11) is 0. The van der Waals surface area contributed by atoms with Crippen molar-refractivity contribution < 1.29 is 4.92 Å². The molecule has 2 unspecified atom stereocenters. The van der Waals surface area contributed by atoms with Crippen molar-refractivity contribution in [3.8, 4) is 22.6 Å². The number of aliphatic imine (C=N–C) groups is 1. The van der Waals surface area contributed by atoms with Crippen molar-refractivity contribution in [1.82, 2.24) is 19.9 Å². The van der Waals surface area contributed by atoms with Crippen LogP contribution in [0.1, 0.15) is 6.42 Å². The van der Waals surface area contributed by atoms with Crippen molar-refractivity contribution in [2.75, 3.05) is 11.9 Å². The van der Waals surface area contributed by atoms with Crippen LogP contribution in [0.15, 0.2) is 53.9 Å². The number of anilines is 1. The lowest BCUT2D eigenvalue weighted by molar-refractivity contribution is -0.559. The molecule has 1 aliphatic rings. The van der Waals surface area contributed by atoms with Crippen LogP contribution in [0.4, 0.5) is 5.95 Å². The van der Waals surface area contributed by atoms with Gasteiger partial charge >= 0.3 is 0 Å². The first-order valence-electron chi connectivity index (χ1n) is 9.79. The topological polar surface area (TPSA) is 174 Å². The summed E-state index contributed by atoms with van der Waals surface area (Å²) < 4.78 is 0. The van der Waals surface area contributed by atoms with E-state index in [4.69, 9.17) is 34.7 Å². The number of rotatable bonds is 7. The molecule has 170 valence electrons. The number of H-pyrrole nitrogens is 1. The van der Waals surface area contributed by atoms with Gasteiger partial charge in [-0.3, -0.25) is 10.1 Å². The van der Waals surface area contributed by atoms with Crippen molar-refractivity contribution in [3.63, 3.8) is 0 Å². The van der Waals surface area contributed by atoms with E-state index in [1.807, 2.05) is 0 Å². The lowest BCUT2D eigenvalue weighted by atomic mass is 9.90. The van der Waals surface area contributed by atoms with Gasteiger partial charge in [-0.05, 0) is 30.4 Å². The van der Waals surface area contributed by atoms with Gasteiger partial charge in [0, 0.05) is 47.1 Å². The lowest BCUT2D eigenvalue weighted by Crippen LogP contribution is -2.54. The molecular weight excluding hydrogens is 469 g/mol. The van der Waals surface area contributed by atoms with Crippen molar-refractivity contribution >= 4 is 35.0 Å². The molecule has 33 heavy (non-hydrogen) atoms. The second kappa shape index (κ2) is 9.14. The summed E-state index contributed by atoms with van der Waals surface area (Å²) in [5.74, 6) is 0.958. The van der Waals surface area contributed by atoms with E-state index in [0.717, 1.165) is 0 Å². The third kappa shape index (κ3) is 4.51. The molecule has 11 nitrogen and oxygen atoms in total. The van der Waals surface area contributed by atoms with E-state index >= 15 is 0 Å². The van der Waals surface area contributed by atoms with Crippen molar-refractivity contribution in [2.24, 2.45) is 16.5 Å². The fraction of sp³-hybridized carbons (Fsp3) is 0.200. The zero-order chi connectivity index (χ0) is 23.6.